The highest BCUT2D eigenvalue weighted by Gasteiger charge is 2.37. The molecule has 3 rings (SSSR count). The van der Waals surface area contributed by atoms with Crippen molar-refractivity contribution in [3.63, 3.8) is 0 Å². The molecule has 1 aliphatic heterocycles. The van der Waals surface area contributed by atoms with Gasteiger partial charge in [-0.1, -0.05) is 32.6 Å². The smallest absolute Gasteiger partial charge is 0.278 e. The fraction of sp³-hybridized carbons (Fsp3) is 0.545. The molecular formula is C22H33N6O2+. The fourth-order valence-electron chi connectivity index (χ4n) is 3.86. The average molecular weight is 414 g/mol. The molecule has 0 aliphatic carbocycles. The number of nitrogen functional groups attached to an aromatic ring is 1. The van der Waals surface area contributed by atoms with Crippen LogP contribution in [0.15, 0.2) is 29.3 Å². The largest absolute Gasteiger partial charge is 0.369 e. The maximum atomic E-state index is 13.4. The normalized spacial score (nSPS) is 18.0. The van der Waals surface area contributed by atoms with Gasteiger partial charge in [-0.15, -0.1) is 0 Å². The third-order valence-electron chi connectivity index (χ3n) is 5.74. The average Bonchev–Trinajstić information content (AvgIpc) is 2.71. The Morgan fingerprint density at radius 1 is 1.23 bits per heavy atom. The number of pyridine rings is 1. The van der Waals surface area contributed by atoms with Crippen LogP contribution in [-0.2, 0) is 6.54 Å². The van der Waals surface area contributed by atoms with Crippen molar-refractivity contribution in [1.29, 1.82) is 0 Å². The molecule has 0 aromatic carbocycles. The number of unbranched alkanes of at least 4 members (excludes halogenated alkanes) is 5. The molecule has 1 amide bonds. The number of rotatable bonds is 8. The lowest BCUT2D eigenvalue weighted by Crippen LogP contribution is -2.53. The van der Waals surface area contributed by atoms with E-state index >= 15 is 0 Å². The highest BCUT2D eigenvalue weighted by Crippen LogP contribution is 2.30. The number of H-pyrrole nitrogens is 1. The van der Waals surface area contributed by atoms with Gasteiger partial charge >= 0.3 is 0 Å². The van der Waals surface area contributed by atoms with Gasteiger partial charge in [0.25, 0.3) is 11.5 Å². The number of amides is 1. The van der Waals surface area contributed by atoms with Crippen molar-refractivity contribution in [1.82, 2.24) is 9.97 Å². The Morgan fingerprint density at radius 2 is 1.97 bits per heavy atom. The number of nitrogens with zero attached hydrogens (tertiary/aromatic N) is 3. The second-order valence-electron chi connectivity index (χ2n) is 8.10. The zero-order valence-electron chi connectivity index (χ0n) is 18.1. The van der Waals surface area contributed by atoms with Gasteiger partial charge in [-0.25, -0.2) is 4.57 Å². The molecule has 8 nitrogen and oxygen atoms in total. The Balaban J connectivity index is 1.79. The summed E-state index contributed by atoms with van der Waals surface area (Å²) in [4.78, 5) is 34.2. The Hall–Kier alpha value is -2.90. The summed E-state index contributed by atoms with van der Waals surface area (Å²) in [5.41, 5.74) is 6.03. The van der Waals surface area contributed by atoms with E-state index in [9.17, 15) is 9.59 Å². The number of aromatic nitrogens is 3. The number of anilines is 3. The number of aromatic amines is 1. The Labute approximate surface area is 177 Å². The van der Waals surface area contributed by atoms with Crippen molar-refractivity contribution in [2.45, 2.75) is 77.9 Å². The van der Waals surface area contributed by atoms with Crippen LogP contribution in [0.2, 0.25) is 0 Å². The van der Waals surface area contributed by atoms with E-state index in [-0.39, 0.29) is 29.6 Å². The number of carbonyl (C=O) groups is 1. The van der Waals surface area contributed by atoms with Crippen molar-refractivity contribution in [2.75, 3.05) is 16.0 Å². The molecule has 2 aromatic heterocycles. The minimum Gasteiger partial charge on any atom is -0.369 e. The van der Waals surface area contributed by atoms with E-state index in [1.54, 1.807) is 6.07 Å². The van der Waals surface area contributed by atoms with Crippen LogP contribution in [0.25, 0.3) is 0 Å². The molecule has 0 saturated carbocycles. The van der Waals surface area contributed by atoms with E-state index in [0.717, 1.165) is 13.0 Å². The summed E-state index contributed by atoms with van der Waals surface area (Å²) in [6, 6.07) is 3.38. The first-order chi connectivity index (χ1) is 14.4. The van der Waals surface area contributed by atoms with Crippen molar-refractivity contribution in [2.24, 2.45) is 0 Å². The molecular weight excluding hydrogens is 380 g/mol. The van der Waals surface area contributed by atoms with Crippen molar-refractivity contribution in [3.8, 4) is 0 Å². The van der Waals surface area contributed by atoms with Gasteiger partial charge in [0, 0.05) is 18.5 Å². The minimum absolute atomic E-state index is 0.0249. The summed E-state index contributed by atoms with van der Waals surface area (Å²) >= 11 is 0. The van der Waals surface area contributed by atoms with E-state index in [2.05, 4.69) is 26.8 Å². The molecule has 1 aliphatic rings. The van der Waals surface area contributed by atoms with Crippen molar-refractivity contribution >= 4 is 23.4 Å². The molecule has 2 atom stereocenters. The van der Waals surface area contributed by atoms with E-state index < -0.39 is 5.56 Å². The highest BCUT2D eigenvalue weighted by molar-refractivity contribution is 6.08. The molecule has 30 heavy (non-hydrogen) atoms. The molecule has 0 fully saturated rings. The lowest BCUT2D eigenvalue weighted by molar-refractivity contribution is -0.697. The van der Waals surface area contributed by atoms with Crippen LogP contribution in [0.3, 0.4) is 0 Å². The van der Waals surface area contributed by atoms with Gasteiger partial charge in [-0.05, 0) is 26.3 Å². The van der Waals surface area contributed by atoms with E-state index in [0.29, 0.717) is 11.4 Å². The highest BCUT2D eigenvalue weighted by atomic mass is 16.2. The van der Waals surface area contributed by atoms with Crippen molar-refractivity contribution < 1.29 is 9.36 Å². The number of nitrogens with one attached hydrogen (secondary N) is 2. The van der Waals surface area contributed by atoms with Gasteiger partial charge in [0.15, 0.2) is 23.9 Å². The molecule has 0 radical (unpaired) electrons. The lowest BCUT2D eigenvalue weighted by Gasteiger charge is -2.38. The van der Waals surface area contributed by atoms with Gasteiger partial charge in [-0.3, -0.25) is 19.5 Å². The number of nitrogens with two attached hydrogens (primary N) is 1. The summed E-state index contributed by atoms with van der Waals surface area (Å²) in [5, 5.41) is 3.18. The van der Waals surface area contributed by atoms with Crippen LogP contribution in [0, 0.1) is 0 Å². The second kappa shape index (κ2) is 9.73. The fourth-order valence-corrected chi connectivity index (χ4v) is 3.86. The summed E-state index contributed by atoms with van der Waals surface area (Å²) in [5.74, 6) is 0.148. The lowest BCUT2D eigenvalue weighted by atomic mass is 10.0. The molecule has 0 saturated heterocycles. The quantitative estimate of drug-likeness (QED) is 0.456. The van der Waals surface area contributed by atoms with E-state index in [1.807, 2.05) is 32.3 Å². The van der Waals surface area contributed by atoms with Gasteiger partial charge in [0.05, 0.1) is 6.04 Å². The molecule has 0 unspecified atom stereocenters. The molecule has 8 heteroatoms. The van der Waals surface area contributed by atoms with Crippen LogP contribution in [0.4, 0.5) is 17.5 Å². The van der Waals surface area contributed by atoms with Crippen LogP contribution < -0.4 is 26.1 Å². The van der Waals surface area contributed by atoms with Gasteiger partial charge < -0.3 is 11.1 Å². The monoisotopic (exact) mass is 413 g/mol. The first-order valence-corrected chi connectivity index (χ1v) is 10.9. The Morgan fingerprint density at radius 3 is 2.73 bits per heavy atom. The molecule has 2 aromatic rings. The number of aryl methyl sites for hydroxylation is 1. The minimum atomic E-state index is -0.423. The summed E-state index contributed by atoms with van der Waals surface area (Å²) in [7, 11) is 0. The number of hydrogen-bond donors (Lipinski definition) is 3. The standard InChI is InChI=1S/C22H32N6O2/c1-4-5-6-7-8-9-12-27-13-10-11-17(14-27)21(30)28-16(3)15(2)24-19-18(28)20(29)26-22(23)25-19/h10-11,13-16H,4-9,12H2,1-3H3,(H3-,23,24,25,26,29)/p+1/t15-,16+/m1/s1. The number of fused-ring (bicyclic) bond motifs is 1. The number of carbonyl (C=O) groups excluding carboxylic acids is 1. The zero-order valence-corrected chi connectivity index (χ0v) is 18.1. The molecule has 162 valence electrons. The summed E-state index contributed by atoms with van der Waals surface area (Å²) in [6.45, 7) is 6.96. The SMILES string of the molecule is CCCCCCCC[n+]1cccc(C(=O)N2c3c(nc(N)[nH]c3=O)N[C@H](C)[C@@H]2C)c1. The van der Waals surface area contributed by atoms with Crippen LogP contribution in [0.5, 0.6) is 0 Å². The second-order valence-corrected chi connectivity index (χ2v) is 8.10. The first kappa shape index (κ1) is 21.8. The number of hydrogen-bond acceptors (Lipinski definition) is 5. The third kappa shape index (κ3) is 4.80. The van der Waals surface area contributed by atoms with Gasteiger partial charge in [-0.2, -0.15) is 4.98 Å². The molecule has 3 heterocycles. The van der Waals surface area contributed by atoms with Crippen LogP contribution in [0.1, 0.15) is 69.7 Å². The predicted molar refractivity (Wildman–Crippen MR) is 119 cm³/mol. The predicted octanol–water partition coefficient (Wildman–Crippen LogP) is 2.85. The summed E-state index contributed by atoms with van der Waals surface area (Å²) < 4.78 is 2.05. The van der Waals surface area contributed by atoms with Crippen molar-refractivity contribution in [3.05, 3.63) is 40.4 Å². The zero-order chi connectivity index (χ0) is 21.7. The maximum Gasteiger partial charge on any atom is 0.278 e. The molecule has 4 N–H and O–H groups in total. The Kier molecular flexibility index (Phi) is 7.07. The van der Waals surface area contributed by atoms with E-state index in [1.165, 1.54) is 37.0 Å². The molecule has 0 spiro atoms. The first-order valence-electron chi connectivity index (χ1n) is 10.9. The van der Waals surface area contributed by atoms with E-state index in [4.69, 9.17) is 5.73 Å². The molecule has 0 bridgehead atoms. The van der Waals surface area contributed by atoms with Gasteiger partial charge in [0.1, 0.15) is 12.1 Å². The third-order valence-corrected chi connectivity index (χ3v) is 5.74. The van der Waals surface area contributed by atoms with Crippen LogP contribution >= 0.6 is 0 Å². The summed E-state index contributed by atoms with van der Waals surface area (Å²) in [6.07, 6.45) is 11.2. The topological polar surface area (TPSA) is 108 Å². The van der Waals surface area contributed by atoms with Crippen LogP contribution in [-0.4, -0.2) is 28.0 Å². The van der Waals surface area contributed by atoms with Gasteiger partial charge in [0.2, 0.25) is 5.95 Å². The Bertz CT molecular complexity index is 941. The maximum absolute atomic E-state index is 13.4.